The van der Waals surface area contributed by atoms with Gasteiger partial charge < -0.3 is 55.0 Å². The van der Waals surface area contributed by atoms with Gasteiger partial charge in [0.2, 0.25) is 11.8 Å². The van der Waals surface area contributed by atoms with Crippen LogP contribution in [0.2, 0.25) is 0 Å². The molecule has 31 heteroatoms. The average molecular weight is 1500 g/mol. The summed E-state index contributed by atoms with van der Waals surface area (Å²) in [5.41, 5.74) is 15.9. The second-order valence-corrected chi connectivity index (χ2v) is 24.2. The number of hydrogen-bond donors (Lipinski definition) is 5. The van der Waals surface area contributed by atoms with Crippen molar-refractivity contribution in [3.8, 4) is 0 Å². The molecular formula is C76H80BF2N17NaO8S2. The van der Waals surface area contributed by atoms with E-state index in [4.69, 9.17) is 37.7 Å². The molecule has 0 spiro atoms. The van der Waals surface area contributed by atoms with E-state index in [9.17, 15) is 13.6 Å². The normalized spacial score (nSPS) is 10.5. The fourth-order valence-corrected chi connectivity index (χ4v) is 11.7. The van der Waals surface area contributed by atoms with Crippen LogP contribution >= 0.6 is 22.7 Å². The number of nitrogens with two attached hydrogens (primary N) is 1. The van der Waals surface area contributed by atoms with Gasteiger partial charge in [-0.1, -0.05) is 112 Å². The Morgan fingerprint density at radius 2 is 0.944 bits per heavy atom. The Morgan fingerprint density at radius 1 is 0.533 bits per heavy atom. The van der Waals surface area contributed by atoms with E-state index in [0.29, 0.717) is 83.3 Å². The van der Waals surface area contributed by atoms with Crippen molar-refractivity contribution in [1.29, 1.82) is 0 Å². The van der Waals surface area contributed by atoms with Gasteiger partial charge >= 0.3 is 35.5 Å². The Balaban J connectivity index is 0.000000211. The second-order valence-electron chi connectivity index (χ2n) is 22.1. The second kappa shape index (κ2) is 43.1. The van der Waals surface area contributed by atoms with Crippen LogP contribution in [0.5, 0.6) is 0 Å². The molecule has 11 heterocycles. The Morgan fingerprint density at radius 3 is 1.36 bits per heavy atom. The molecular weight excluding hydrogens is 1410 g/mol. The van der Waals surface area contributed by atoms with Crippen LogP contribution in [-0.2, 0) is 61.1 Å². The number of aliphatic hydroxyl groups is 1. The van der Waals surface area contributed by atoms with Crippen molar-refractivity contribution in [1.82, 2.24) is 70.1 Å². The molecule has 107 heavy (non-hydrogen) atoms. The third-order valence-electron chi connectivity index (χ3n) is 14.6. The number of pyridine rings is 2. The van der Waals surface area contributed by atoms with E-state index in [1.807, 2.05) is 121 Å². The molecule has 25 nitrogen and oxygen atoms in total. The molecule has 0 unspecified atom stereocenters. The summed E-state index contributed by atoms with van der Waals surface area (Å²) in [4.78, 5) is 68.2. The minimum Gasteiger partial charge on any atom is -1.00 e. The number of carbonyl (C=O) groups is 1. The molecule has 11 aromatic heterocycles. The molecule has 0 saturated carbocycles. The number of aryl methyl sites for hydroxylation is 1. The average Bonchev–Trinajstić information content (AvgIpc) is 1.66. The number of rotatable bonds is 22. The van der Waals surface area contributed by atoms with E-state index >= 15 is 0 Å². The molecule has 3 radical (unpaired) electrons. The first-order valence-electron chi connectivity index (χ1n) is 32.9. The number of nitrogens with one attached hydrogen (secondary N) is 3. The third-order valence-corrected chi connectivity index (χ3v) is 16.7. The van der Waals surface area contributed by atoms with Gasteiger partial charge in [-0.2, -0.15) is 0 Å². The Bertz CT molecular complexity index is 5150. The van der Waals surface area contributed by atoms with Gasteiger partial charge in [0, 0.05) is 66.0 Å². The largest absolute Gasteiger partial charge is 1.00 e. The van der Waals surface area contributed by atoms with Crippen molar-refractivity contribution in [3.63, 3.8) is 0 Å². The quantitative estimate of drug-likeness (QED) is 0.0239. The van der Waals surface area contributed by atoms with Crippen LogP contribution in [-0.4, -0.2) is 117 Å². The Labute approximate surface area is 648 Å². The number of anilines is 2. The summed E-state index contributed by atoms with van der Waals surface area (Å²) in [5, 5.41) is 20.1. The van der Waals surface area contributed by atoms with Crippen LogP contribution in [0.15, 0.2) is 199 Å². The van der Waals surface area contributed by atoms with Gasteiger partial charge in [-0.3, -0.25) is 14.8 Å². The van der Waals surface area contributed by atoms with Crippen LogP contribution < -0.4 is 51.2 Å². The topological polar surface area (TPSA) is 342 Å². The number of nitrogens with zero attached hydrogens (tertiary/aromatic N) is 13. The smallest absolute Gasteiger partial charge is 1.00 e. The fraction of sp³-hybridized carbons (Fsp3) is 0.237. The molecule has 0 bridgehead atoms. The number of para-hydroxylation sites is 10. The SMILES string of the molecule is C.C.C=Cc1nc2ccccc2o1.CCCc1nc2ccccc2o1.CCOC(=O)Cc1nc2ccccc2o1.Fc1cccnc1CNc1ncnc2sc(CCNCCc3nc4ccccc4o3)nc12.NCCc1nc2c(NCc3ncccc3F)ncnc2s1.OCCc1nc2ccccc2o1.[B].[H-].[Na+]. The van der Waals surface area contributed by atoms with Crippen LogP contribution in [0.1, 0.15) is 87.4 Å². The summed E-state index contributed by atoms with van der Waals surface area (Å²) in [6.07, 6.45) is 12.4. The molecule has 0 aliphatic carbocycles. The number of ether oxygens (including phenoxy) is 1. The zero-order chi connectivity index (χ0) is 71.5. The van der Waals surface area contributed by atoms with E-state index in [0.717, 1.165) is 120 Å². The Hall–Kier alpha value is -10.7. The monoisotopic (exact) mass is 1490 g/mol. The first-order valence-corrected chi connectivity index (χ1v) is 34.6. The number of fused-ring (bicyclic) bond motifs is 7. The van der Waals surface area contributed by atoms with Crippen molar-refractivity contribution in [3.05, 3.63) is 240 Å². The molecule has 0 aliphatic heterocycles. The van der Waals surface area contributed by atoms with Gasteiger partial charge in [0.15, 0.2) is 57.2 Å². The number of benzene rings is 5. The summed E-state index contributed by atoms with van der Waals surface area (Å²) in [6, 6.07) is 44.1. The van der Waals surface area contributed by atoms with E-state index < -0.39 is 0 Å². The summed E-state index contributed by atoms with van der Waals surface area (Å²) in [5.74, 6) is 3.28. The van der Waals surface area contributed by atoms with E-state index in [1.54, 1.807) is 37.5 Å². The minimum atomic E-state index is -0.354. The summed E-state index contributed by atoms with van der Waals surface area (Å²) < 4.78 is 59.4. The van der Waals surface area contributed by atoms with Gasteiger partial charge in [-0.25, -0.2) is 63.6 Å². The number of aliphatic hydroxyl groups excluding tert-OH is 1. The van der Waals surface area contributed by atoms with Crippen LogP contribution in [0.3, 0.4) is 0 Å². The van der Waals surface area contributed by atoms with Crippen LogP contribution in [0.25, 0.3) is 82.3 Å². The van der Waals surface area contributed by atoms with Gasteiger partial charge in [0.25, 0.3) is 0 Å². The number of esters is 1. The van der Waals surface area contributed by atoms with Gasteiger partial charge in [0.05, 0.1) is 47.7 Å². The fourth-order valence-electron chi connectivity index (χ4n) is 9.84. The first-order chi connectivity index (χ1) is 50.5. The molecule has 5 aromatic carbocycles. The van der Waals surface area contributed by atoms with Crippen molar-refractivity contribution in [2.45, 2.75) is 86.7 Å². The number of carbonyl (C=O) groups excluding carboxylic acids is 1. The Kier molecular flexibility index (Phi) is 33.6. The molecule has 6 N–H and O–H groups in total. The van der Waals surface area contributed by atoms with E-state index in [2.05, 4.69) is 94.2 Å². The molecule has 16 aromatic rings. The maximum Gasteiger partial charge on any atom is 1.00 e. The van der Waals surface area contributed by atoms with E-state index in [1.165, 1.54) is 47.5 Å². The molecule has 0 saturated heterocycles. The van der Waals surface area contributed by atoms with Crippen molar-refractivity contribution in [2.24, 2.45) is 5.73 Å². The van der Waals surface area contributed by atoms with Crippen LogP contribution in [0.4, 0.5) is 20.4 Å². The van der Waals surface area contributed by atoms with Gasteiger partial charge in [-0.15, -0.1) is 0 Å². The minimum absolute atomic E-state index is 0. The molecule has 0 atom stereocenters. The number of aromatic nitrogens is 13. The summed E-state index contributed by atoms with van der Waals surface area (Å²) in [7, 11) is 0. The summed E-state index contributed by atoms with van der Waals surface area (Å²) in [6.45, 7) is 10.4. The third kappa shape index (κ3) is 23.9. The standard InChI is InChI=1S/C22H20FN7OS.C13H13FN6S.C11H11NO3.C10H11NO.C9H9NO2.C9H7NO.2CH4.B.Na.H/c23-14-4-3-9-25-16(14)12-26-21-20-22(28-13-27-21)32-19(30-20)8-11-24-10-7-18-29-15-5-1-2-6-17(15)31-18;14-8-2-1-5-16-9(8)6-17-12-11-13(19-7-18-12)21-10(20-11)3-4-15;1-2-14-11(13)7-10-12-8-5-3-4-6-9(8)15-10;1-2-5-10-11-8-6-3-4-7-9(8)12-10;11-6-5-9-10-7-3-1-2-4-8(7)12-9;1-2-9-10-7-5-3-4-6-8(7)11-9;;;;;/h1-6,9,13,24H,7-8,10-12H2,(H,26,27,28);1-2,5,7H,3-4,6,15H2,(H,17,18,19);3-6H,2,7H2,1H3;3-4,6-7H,2,5H2,1H3;1-4,11H,5-6H2;2-6H,1H2;2*1H4;;;/q;;;;;;;;;+1;-1. The molecule has 0 fully saturated rings. The predicted molar refractivity (Wildman–Crippen MR) is 412 cm³/mol. The summed E-state index contributed by atoms with van der Waals surface area (Å²) >= 11 is 3.02. The van der Waals surface area contributed by atoms with Gasteiger partial charge in [0.1, 0.15) is 79.0 Å². The molecule has 547 valence electrons. The maximum absolute atomic E-state index is 13.8. The number of oxazole rings is 5. The number of hydrogen-bond acceptors (Lipinski definition) is 27. The first kappa shape index (κ1) is 83.6. The zero-order valence-electron chi connectivity index (χ0n) is 58.7. The number of thiazole rings is 2. The zero-order valence-corrected chi connectivity index (χ0v) is 61.3. The molecule has 0 amide bonds. The predicted octanol–water partition coefficient (Wildman–Crippen LogP) is 12.0. The maximum atomic E-state index is 13.8. The number of halogens is 2. The molecule has 16 rings (SSSR count). The van der Waals surface area contributed by atoms with Crippen LogP contribution in [0, 0.1) is 11.6 Å². The molecule has 0 aliphatic rings. The van der Waals surface area contributed by atoms with E-state index in [-0.39, 0.29) is 98.0 Å². The van der Waals surface area contributed by atoms with Crippen molar-refractivity contribution < 1.29 is 76.5 Å². The van der Waals surface area contributed by atoms with Crippen molar-refractivity contribution in [2.75, 3.05) is 43.5 Å². The van der Waals surface area contributed by atoms with Gasteiger partial charge in [-0.05, 0) is 111 Å². The van der Waals surface area contributed by atoms with Crippen molar-refractivity contribution >= 4 is 131 Å².